The first kappa shape index (κ1) is 10.2. The van der Waals surface area contributed by atoms with Gasteiger partial charge in [-0.05, 0) is 18.9 Å². The number of rotatable bonds is 2. The van der Waals surface area contributed by atoms with Gasteiger partial charge < -0.3 is 4.42 Å². The zero-order valence-electron chi connectivity index (χ0n) is 8.67. The van der Waals surface area contributed by atoms with Gasteiger partial charge in [-0.15, -0.1) is 0 Å². The van der Waals surface area contributed by atoms with Gasteiger partial charge in [0.15, 0.2) is 11.4 Å². The van der Waals surface area contributed by atoms with Crippen molar-refractivity contribution in [3.05, 3.63) is 35.6 Å². The number of fused-ring (bicyclic) bond motifs is 1. The summed E-state index contributed by atoms with van der Waals surface area (Å²) >= 11 is 0. The second-order valence-electron chi connectivity index (χ2n) is 4.11. The van der Waals surface area contributed by atoms with Crippen molar-refractivity contribution in [2.24, 2.45) is 4.99 Å². The lowest BCUT2D eigenvalue weighted by Gasteiger charge is -2.10. The smallest absolute Gasteiger partial charge is 0.235 e. The molecule has 0 N–H and O–H groups in total. The molecule has 0 aliphatic heterocycles. The van der Waals surface area contributed by atoms with E-state index in [9.17, 15) is 13.6 Å². The Bertz CT molecular complexity index is 652. The number of nitrogens with zero attached hydrogens (tertiary/aromatic N) is 1. The highest BCUT2D eigenvalue weighted by Crippen LogP contribution is 2.52. The summed E-state index contributed by atoms with van der Waals surface area (Å²) in [5.74, 6) is -1.45. The van der Waals surface area contributed by atoms with E-state index >= 15 is 0 Å². The summed E-state index contributed by atoms with van der Waals surface area (Å²) in [6, 6.07) is 2.25. The molecule has 86 valence electrons. The molecule has 0 saturated heterocycles. The molecule has 0 spiro atoms. The SMILES string of the molecule is O=C=NC1(c2c(F)cc(F)c3occc23)CC1. The van der Waals surface area contributed by atoms with Crippen LogP contribution >= 0.6 is 0 Å². The number of hydrogen-bond acceptors (Lipinski definition) is 3. The first-order chi connectivity index (χ1) is 8.18. The fourth-order valence-electron chi connectivity index (χ4n) is 2.17. The highest BCUT2D eigenvalue weighted by Gasteiger charge is 2.48. The molecule has 0 unspecified atom stereocenters. The monoisotopic (exact) mass is 235 g/mol. The summed E-state index contributed by atoms with van der Waals surface area (Å²) in [7, 11) is 0. The standard InChI is InChI=1S/C12H7F2NO2/c13-8-5-9(14)11-7(1-4-17-11)10(8)12(2-3-12)15-6-16/h1,4-5H,2-3H2. The number of halogens is 2. The summed E-state index contributed by atoms with van der Waals surface area (Å²) in [6.07, 6.45) is 3.86. The minimum atomic E-state index is -0.873. The van der Waals surface area contributed by atoms with E-state index in [2.05, 4.69) is 4.99 Å². The fraction of sp³-hybridized carbons (Fsp3) is 0.250. The van der Waals surface area contributed by atoms with Gasteiger partial charge in [0.2, 0.25) is 6.08 Å². The first-order valence-electron chi connectivity index (χ1n) is 5.13. The largest absolute Gasteiger partial charge is 0.461 e. The van der Waals surface area contributed by atoms with Crippen LogP contribution in [-0.4, -0.2) is 6.08 Å². The average molecular weight is 235 g/mol. The molecule has 3 nitrogen and oxygen atoms in total. The van der Waals surface area contributed by atoms with Crippen LogP contribution in [0, 0.1) is 11.6 Å². The van der Waals surface area contributed by atoms with Crippen molar-refractivity contribution in [1.29, 1.82) is 0 Å². The van der Waals surface area contributed by atoms with Crippen molar-refractivity contribution in [2.45, 2.75) is 18.4 Å². The predicted octanol–water partition coefficient (Wildman–Crippen LogP) is 3.04. The molecular formula is C12H7F2NO2. The predicted molar refractivity (Wildman–Crippen MR) is 55.2 cm³/mol. The summed E-state index contributed by atoms with van der Waals surface area (Å²) in [5.41, 5.74) is -0.651. The Hall–Kier alpha value is -2.00. The fourth-order valence-corrected chi connectivity index (χ4v) is 2.17. The lowest BCUT2D eigenvalue weighted by Crippen LogP contribution is -2.07. The Kier molecular flexibility index (Phi) is 1.94. The topological polar surface area (TPSA) is 42.6 Å². The lowest BCUT2D eigenvalue weighted by atomic mass is 10.00. The lowest BCUT2D eigenvalue weighted by molar-refractivity contribution is 0.531. The molecule has 17 heavy (non-hydrogen) atoms. The van der Waals surface area contributed by atoms with Gasteiger partial charge in [-0.25, -0.2) is 13.6 Å². The van der Waals surface area contributed by atoms with Crippen molar-refractivity contribution >= 4 is 17.0 Å². The molecule has 0 radical (unpaired) electrons. The quantitative estimate of drug-likeness (QED) is 0.593. The molecule has 1 aliphatic carbocycles. The zero-order chi connectivity index (χ0) is 12.0. The molecule has 1 heterocycles. The number of carbonyl (C=O) groups excluding carboxylic acids is 1. The second-order valence-corrected chi connectivity index (χ2v) is 4.11. The summed E-state index contributed by atoms with van der Waals surface area (Å²) in [5, 5.41) is 0.332. The van der Waals surface area contributed by atoms with Gasteiger partial charge in [0.05, 0.1) is 6.26 Å². The first-order valence-corrected chi connectivity index (χ1v) is 5.13. The maximum Gasteiger partial charge on any atom is 0.235 e. The maximum atomic E-state index is 13.8. The summed E-state index contributed by atoms with van der Waals surface area (Å²) in [6.45, 7) is 0. The Morgan fingerprint density at radius 3 is 2.76 bits per heavy atom. The molecule has 2 aromatic rings. The minimum Gasteiger partial charge on any atom is -0.461 e. The van der Waals surface area contributed by atoms with E-state index in [0.717, 1.165) is 6.07 Å². The molecule has 0 amide bonds. The van der Waals surface area contributed by atoms with Gasteiger partial charge in [0.1, 0.15) is 11.4 Å². The van der Waals surface area contributed by atoms with Gasteiger partial charge in [0.25, 0.3) is 0 Å². The van der Waals surface area contributed by atoms with Crippen LogP contribution in [0.2, 0.25) is 0 Å². The van der Waals surface area contributed by atoms with Crippen molar-refractivity contribution in [3.63, 3.8) is 0 Å². The van der Waals surface area contributed by atoms with Crippen LogP contribution in [-0.2, 0) is 10.3 Å². The van der Waals surface area contributed by atoms with Crippen LogP contribution in [0.3, 0.4) is 0 Å². The maximum absolute atomic E-state index is 13.8. The van der Waals surface area contributed by atoms with Gasteiger partial charge in [0, 0.05) is 17.0 Å². The van der Waals surface area contributed by atoms with Crippen LogP contribution in [0.1, 0.15) is 18.4 Å². The molecule has 1 aliphatic rings. The third-order valence-electron chi connectivity index (χ3n) is 3.09. The van der Waals surface area contributed by atoms with Crippen LogP contribution in [0.4, 0.5) is 8.78 Å². The Labute approximate surface area is 94.7 Å². The second kappa shape index (κ2) is 3.25. The average Bonchev–Trinajstić information content (AvgIpc) is 2.88. The third-order valence-corrected chi connectivity index (χ3v) is 3.09. The Morgan fingerprint density at radius 1 is 1.35 bits per heavy atom. The van der Waals surface area contributed by atoms with E-state index in [1.165, 1.54) is 18.4 Å². The molecule has 1 saturated carbocycles. The van der Waals surface area contributed by atoms with Crippen LogP contribution in [0.5, 0.6) is 0 Å². The molecule has 1 aromatic carbocycles. The summed E-state index contributed by atoms with van der Waals surface area (Å²) in [4.78, 5) is 14.0. The van der Waals surface area contributed by atoms with Crippen molar-refractivity contribution in [2.75, 3.05) is 0 Å². The van der Waals surface area contributed by atoms with Gasteiger partial charge in [-0.3, -0.25) is 0 Å². The molecule has 0 bridgehead atoms. The molecule has 1 fully saturated rings. The van der Waals surface area contributed by atoms with Gasteiger partial charge in [-0.2, -0.15) is 4.99 Å². The van der Waals surface area contributed by atoms with E-state index in [1.54, 1.807) is 0 Å². The normalized spacial score (nSPS) is 16.8. The van der Waals surface area contributed by atoms with Crippen LogP contribution < -0.4 is 0 Å². The van der Waals surface area contributed by atoms with E-state index in [-0.39, 0.29) is 11.1 Å². The highest BCUT2D eigenvalue weighted by atomic mass is 19.1. The molecule has 5 heteroatoms. The van der Waals surface area contributed by atoms with E-state index in [1.807, 2.05) is 0 Å². The third kappa shape index (κ3) is 1.33. The number of furan rings is 1. The van der Waals surface area contributed by atoms with Gasteiger partial charge in [-0.1, -0.05) is 0 Å². The van der Waals surface area contributed by atoms with E-state index < -0.39 is 17.2 Å². The Balaban J connectivity index is 2.36. The Morgan fingerprint density at radius 2 is 2.12 bits per heavy atom. The molecular weight excluding hydrogens is 228 g/mol. The van der Waals surface area contributed by atoms with Crippen LogP contribution in [0.25, 0.3) is 11.0 Å². The van der Waals surface area contributed by atoms with E-state index in [4.69, 9.17) is 4.42 Å². The number of isocyanates is 1. The van der Waals surface area contributed by atoms with E-state index in [0.29, 0.717) is 18.2 Å². The zero-order valence-corrected chi connectivity index (χ0v) is 8.67. The summed E-state index contributed by atoms with van der Waals surface area (Å²) < 4.78 is 32.2. The van der Waals surface area contributed by atoms with Gasteiger partial charge >= 0.3 is 0 Å². The number of aliphatic imine (C=N–C) groups is 1. The number of hydrogen-bond donors (Lipinski definition) is 0. The number of benzene rings is 1. The molecule has 1 aromatic heterocycles. The van der Waals surface area contributed by atoms with Crippen molar-refractivity contribution in [3.8, 4) is 0 Å². The van der Waals surface area contributed by atoms with Crippen molar-refractivity contribution < 1.29 is 18.0 Å². The highest BCUT2D eigenvalue weighted by molar-refractivity contribution is 5.83. The van der Waals surface area contributed by atoms with Crippen molar-refractivity contribution in [1.82, 2.24) is 0 Å². The molecule has 0 atom stereocenters. The molecule has 3 rings (SSSR count). The van der Waals surface area contributed by atoms with Crippen LogP contribution in [0.15, 0.2) is 27.8 Å². The minimum absolute atomic E-state index is 0.00576.